The summed E-state index contributed by atoms with van der Waals surface area (Å²) < 4.78 is 0. The van der Waals surface area contributed by atoms with E-state index in [4.69, 9.17) is 0 Å². The van der Waals surface area contributed by atoms with E-state index in [1.165, 1.54) is 6.29 Å². The minimum Gasteiger partial charge on any atom is -0.301 e. The zero-order valence-electron chi connectivity index (χ0n) is 9.97. The van der Waals surface area contributed by atoms with Crippen LogP contribution in [0.2, 0.25) is 0 Å². The maximum atomic E-state index is 11.4. The standard InChI is InChI=1S/C12H23NO/c1-5-11(6-2)9-13(8-4)12(11,7-3)10-14/h10H,5-9H2,1-4H3. The minimum atomic E-state index is -0.161. The van der Waals surface area contributed by atoms with Gasteiger partial charge in [-0.2, -0.15) is 0 Å². The number of rotatable bonds is 5. The Morgan fingerprint density at radius 2 is 1.71 bits per heavy atom. The molecule has 0 aromatic carbocycles. The highest BCUT2D eigenvalue weighted by Crippen LogP contribution is 2.52. The van der Waals surface area contributed by atoms with Crippen molar-refractivity contribution in [1.29, 1.82) is 0 Å². The number of nitrogens with zero attached hydrogens (tertiary/aromatic N) is 1. The van der Waals surface area contributed by atoms with Crippen LogP contribution in [0, 0.1) is 5.41 Å². The van der Waals surface area contributed by atoms with Gasteiger partial charge in [-0.1, -0.05) is 27.7 Å². The van der Waals surface area contributed by atoms with Crippen LogP contribution >= 0.6 is 0 Å². The van der Waals surface area contributed by atoms with Gasteiger partial charge in [0.05, 0.1) is 5.54 Å². The summed E-state index contributed by atoms with van der Waals surface area (Å²) >= 11 is 0. The van der Waals surface area contributed by atoms with Crippen LogP contribution in [-0.4, -0.2) is 29.8 Å². The van der Waals surface area contributed by atoms with E-state index in [2.05, 4.69) is 32.6 Å². The lowest BCUT2D eigenvalue weighted by atomic mass is 9.57. The average molecular weight is 197 g/mol. The molecule has 14 heavy (non-hydrogen) atoms. The van der Waals surface area contributed by atoms with Crippen molar-refractivity contribution < 1.29 is 4.79 Å². The van der Waals surface area contributed by atoms with Crippen molar-refractivity contribution in [1.82, 2.24) is 4.90 Å². The molecule has 1 heterocycles. The van der Waals surface area contributed by atoms with E-state index < -0.39 is 0 Å². The predicted molar refractivity (Wildman–Crippen MR) is 59.3 cm³/mol. The Morgan fingerprint density at radius 1 is 1.14 bits per heavy atom. The number of likely N-dealkylation sites (tertiary alicyclic amines) is 1. The normalized spacial score (nSPS) is 31.1. The monoisotopic (exact) mass is 197 g/mol. The summed E-state index contributed by atoms with van der Waals surface area (Å²) in [6.45, 7) is 10.8. The highest BCUT2D eigenvalue weighted by Gasteiger charge is 2.60. The molecule has 1 aliphatic heterocycles. The van der Waals surface area contributed by atoms with E-state index in [1.54, 1.807) is 0 Å². The fraction of sp³-hybridized carbons (Fsp3) is 0.917. The van der Waals surface area contributed by atoms with E-state index in [0.717, 1.165) is 32.4 Å². The van der Waals surface area contributed by atoms with Crippen LogP contribution in [-0.2, 0) is 4.79 Å². The Labute approximate surface area is 87.7 Å². The molecule has 2 nitrogen and oxygen atoms in total. The number of carbonyl (C=O) groups excluding carboxylic acids is 1. The van der Waals surface area contributed by atoms with Gasteiger partial charge >= 0.3 is 0 Å². The molecule has 0 N–H and O–H groups in total. The van der Waals surface area contributed by atoms with Crippen LogP contribution in [0.3, 0.4) is 0 Å². The lowest BCUT2D eigenvalue weighted by molar-refractivity contribution is -0.170. The first kappa shape index (κ1) is 11.7. The average Bonchev–Trinajstić information content (AvgIpc) is 2.21. The first-order chi connectivity index (χ1) is 6.66. The Bertz CT molecular complexity index is 210. The second-order valence-electron chi connectivity index (χ2n) is 4.40. The molecule has 1 atom stereocenters. The van der Waals surface area contributed by atoms with E-state index in [9.17, 15) is 4.79 Å². The van der Waals surface area contributed by atoms with Crippen molar-refractivity contribution >= 4 is 6.29 Å². The second kappa shape index (κ2) is 4.01. The van der Waals surface area contributed by atoms with Crippen molar-refractivity contribution in [2.45, 2.75) is 52.5 Å². The van der Waals surface area contributed by atoms with Crippen molar-refractivity contribution in [3.05, 3.63) is 0 Å². The molecule has 1 fully saturated rings. The summed E-state index contributed by atoms with van der Waals surface area (Å²) in [5.41, 5.74) is 0.0881. The third-order valence-electron chi connectivity index (χ3n) is 4.45. The summed E-state index contributed by atoms with van der Waals surface area (Å²) in [6.07, 6.45) is 4.39. The van der Waals surface area contributed by atoms with Gasteiger partial charge in [-0.25, -0.2) is 0 Å². The van der Waals surface area contributed by atoms with Crippen LogP contribution in [0.1, 0.15) is 47.0 Å². The molecular formula is C12H23NO. The zero-order valence-corrected chi connectivity index (χ0v) is 9.97. The maximum Gasteiger partial charge on any atom is 0.140 e. The van der Waals surface area contributed by atoms with E-state index in [-0.39, 0.29) is 11.0 Å². The summed E-state index contributed by atoms with van der Waals surface area (Å²) in [6, 6.07) is 0. The van der Waals surface area contributed by atoms with Gasteiger partial charge in [-0.3, -0.25) is 4.90 Å². The third-order valence-corrected chi connectivity index (χ3v) is 4.45. The third kappa shape index (κ3) is 1.16. The largest absolute Gasteiger partial charge is 0.301 e. The molecule has 0 amide bonds. The quantitative estimate of drug-likeness (QED) is 0.631. The Balaban J connectivity index is 2.97. The van der Waals surface area contributed by atoms with E-state index >= 15 is 0 Å². The molecule has 0 aromatic heterocycles. The molecule has 0 spiro atoms. The van der Waals surface area contributed by atoms with E-state index in [1.807, 2.05) is 0 Å². The van der Waals surface area contributed by atoms with Crippen molar-refractivity contribution in [2.75, 3.05) is 13.1 Å². The zero-order chi connectivity index (χ0) is 10.8. The molecule has 1 unspecified atom stereocenters. The number of hydrogen-bond acceptors (Lipinski definition) is 2. The van der Waals surface area contributed by atoms with Crippen molar-refractivity contribution in [2.24, 2.45) is 5.41 Å². The van der Waals surface area contributed by atoms with E-state index in [0.29, 0.717) is 0 Å². The first-order valence-electron chi connectivity index (χ1n) is 5.87. The smallest absolute Gasteiger partial charge is 0.140 e. The first-order valence-corrected chi connectivity index (χ1v) is 5.87. The molecule has 0 aliphatic carbocycles. The number of likely N-dealkylation sites (N-methyl/N-ethyl adjacent to an activating group) is 1. The number of hydrogen-bond donors (Lipinski definition) is 0. The molecule has 82 valence electrons. The lowest BCUT2D eigenvalue weighted by Gasteiger charge is -2.64. The Morgan fingerprint density at radius 3 is 2.00 bits per heavy atom. The molecule has 0 aromatic rings. The second-order valence-corrected chi connectivity index (χ2v) is 4.40. The fourth-order valence-corrected chi connectivity index (χ4v) is 3.25. The Kier molecular flexibility index (Phi) is 3.36. The van der Waals surface area contributed by atoms with Gasteiger partial charge < -0.3 is 4.79 Å². The highest BCUT2D eigenvalue weighted by molar-refractivity contribution is 5.68. The molecule has 1 rings (SSSR count). The maximum absolute atomic E-state index is 11.4. The summed E-state index contributed by atoms with van der Waals surface area (Å²) in [4.78, 5) is 13.7. The summed E-state index contributed by atoms with van der Waals surface area (Å²) in [5, 5.41) is 0. The van der Waals surface area contributed by atoms with Gasteiger partial charge in [0.25, 0.3) is 0 Å². The van der Waals surface area contributed by atoms with Crippen LogP contribution in [0.4, 0.5) is 0 Å². The minimum absolute atomic E-state index is 0.161. The van der Waals surface area contributed by atoms with Crippen LogP contribution in [0.5, 0.6) is 0 Å². The molecular weight excluding hydrogens is 174 g/mol. The van der Waals surface area contributed by atoms with Gasteiger partial charge in [0.2, 0.25) is 0 Å². The number of carbonyl (C=O) groups is 1. The van der Waals surface area contributed by atoms with Crippen LogP contribution < -0.4 is 0 Å². The van der Waals surface area contributed by atoms with Gasteiger partial charge in [-0.05, 0) is 25.8 Å². The number of aldehydes is 1. The van der Waals surface area contributed by atoms with Gasteiger partial charge in [0.1, 0.15) is 6.29 Å². The Hall–Kier alpha value is -0.370. The van der Waals surface area contributed by atoms with Crippen LogP contribution in [0.25, 0.3) is 0 Å². The topological polar surface area (TPSA) is 20.3 Å². The molecule has 0 bridgehead atoms. The van der Waals surface area contributed by atoms with Gasteiger partial charge in [0.15, 0.2) is 0 Å². The molecule has 0 radical (unpaired) electrons. The fourth-order valence-electron chi connectivity index (χ4n) is 3.25. The van der Waals surface area contributed by atoms with Gasteiger partial charge in [-0.15, -0.1) is 0 Å². The summed E-state index contributed by atoms with van der Waals surface area (Å²) in [7, 11) is 0. The highest BCUT2D eigenvalue weighted by atomic mass is 16.1. The van der Waals surface area contributed by atoms with Crippen LogP contribution in [0.15, 0.2) is 0 Å². The SMILES string of the molecule is CCN1CC(CC)(CC)C1(C=O)CC. The van der Waals surface area contributed by atoms with Gasteiger partial charge in [0, 0.05) is 12.0 Å². The lowest BCUT2D eigenvalue weighted by Crippen LogP contribution is -2.74. The van der Waals surface area contributed by atoms with Crippen molar-refractivity contribution in [3.8, 4) is 0 Å². The molecule has 1 aliphatic rings. The molecule has 1 saturated heterocycles. The van der Waals surface area contributed by atoms with Crippen molar-refractivity contribution in [3.63, 3.8) is 0 Å². The predicted octanol–water partition coefficient (Wildman–Crippen LogP) is 2.48. The molecule has 2 heteroatoms. The molecule has 0 saturated carbocycles. The summed E-state index contributed by atoms with van der Waals surface area (Å²) in [5.74, 6) is 0.